The van der Waals surface area contributed by atoms with Gasteiger partial charge in [-0.05, 0) is 43.5 Å². The molecule has 5 nitrogen and oxygen atoms in total. The fraction of sp³-hybridized carbons (Fsp3) is 0.500. The minimum atomic E-state index is -2.73. The number of thiazole rings is 1. The summed E-state index contributed by atoms with van der Waals surface area (Å²) in [4.78, 5) is 5.46. The van der Waals surface area contributed by atoms with Crippen molar-refractivity contribution in [1.29, 1.82) is 0 Å². The van der Waals surface area contributed by atoms with Crippen LogP contribution in [-0.4, -0.2) is 32.8 Å². The van der Waals surface area contributed by atoms with Crippen LogP contribution < -0.4 is 9.46 Å². The SMILES string of the molecule is Cc1cnc(-c2ccc(OC[C@@H]3CC(F)(F)CC[C@@H]3CNS(=O)[O-])cc2)s1. The average molecular weight is 416 g/mol. The molecule has 9 heteroatoms. The van der Waals surface area contributed by atoms with Gasteiger partial charge in [-0.1, -0.05) is 0 Å². The highest BCUT2D eigenvalue weighted by atomic mass is 32.2. The van der Waals surface area contributed by atoms with E-state index in [0.29, 0.717) is 5.75 Å². The van der Waals surface area contributed by atoms with E-state index in [1.54, 1.807) is 23.5 Å². The highest BCUT2D eigenvalue weighted by molar-refractivity contribution is 7.77. The summed E-state index contributed by atoms with van der Waals surface area (Å²) in [6.45, 7) is 2.28. The lowest BCUT2D eigenvalue weighted by Gasteiger charge is -2.36. The van der Waals surface area contributed by atoms with Gasteiger partial charge in [-0.3, -0.25) is 4.21 Å². The molecule has 1 unspecified atom stereocenters. The van der Waals surface area contributed by atoms with Gasteiger partial charge in [0.1, 0.15) is 10.8 Å². The molecule has 1 aromatic carbocycles. The van der Waals surface area contributed by atoms with E-state index in [2.05, 4.69) is 9.71 Å². The third-order valence-corrected chi connectivity index (χ3v) is 6.12. The molecule has 148 valence electrons. The average Bonchev–Trinajstić information content (AvgIpc) is 3.05. The number of rotatable bonds is 7. The molecule has 0 amide bonds. The first-order chi connectivity index (χ1) is 12.8. The van der Waals surface area contributed by atoms with Crippen LogP contribution in [0.15, 0.2) is 30.5 Å². The van der Waals surface area contributed by atoms with Gasteiger partial charge < -0.3 is 9.29 Å². The van der Waals surface area contributed by atoms with Crippen LogP contribution >= 0.6 is 11.3 Å². The van der Waals surface area contributed by atoms with Crippen LogP contribution in [0, 0.1) is 18.8 Å². The lowest BCUT2D eigenvalue weighted by Crippen LogP contribution is -2.40. The number of alkyl halides is 2. The van der Waals surface area contributed by atoms with Crippen molar-refractivity contribution >= 4 is 22.6 Å². The number of aromatic nitrogens is 1. The number of hydrogen-bond acceptors (Lipinski definition) is 5. The minimum absolute atomic E-state index is 0.128. The Morgan fingerprint density at radius 3 is 2.74 bits per heavy atom. The Kier molecular flexibility index (Phi) is 6.56. The van der Waals surface area contributed by atoms with Crippen molar-refractivity contribution < 1.29 is 22.3 Å². The molecule has 0 saturated heterocycles. The number of benzene rings is 1. The van der Waals surface area contributed by atoms with Gasteiger partial charge in [0.2, 0.25) is 5.92 Å². The van der Waals surface area contributed by atoms with Crippen LogP contribution in [0.3, 0.4) is 0 Å². The van der Waals surface area contributed by atoms with Crippen molar-refractivity contribution in [3.05, 3.63) is 35.3 Å². The standard InChI is InChI=1S/C18H22F2N2O3S2/c1-12-9-21-17(26-12)13-2-4-16(5-3-13)25-11-15-8-18(19,20)7-6-14(15)10-22-27(23)24/h2-5,9,14-15,22H,6-8,10-11H2,1H3,(H,23,24)/p-1/t14-,15+/m1/s1. The molecule has 1 heterocycles. The largest absolute Gasteiger partial charge is 0.760 e. The van der Waals surface area contributed by atoms with Crippen molar-refractivity contribution in [1.82, 2.24) is 9.71 Å². The van der Waals surface area contributed by atoms with Crippen LogP contribution in [0.4, 0.5) is 8.78 Å². The lowest BCUT2D eigenvalue weighted by atomic mass is 9.78. The zero-order chi connectivity index (χ0) is 19.4. The Morgan fingerprint density at radius 1 is 1.37 bits per heavy atom. The second-order valence-electron chi connectivity index (χ2n) is 6.81. The number of ether oxygens (including phenoxy) is 1. The summed E-state index contributed by atoms with van der Waals surface area (Å²) in [5, 5.41) is 0.919. The fourth-order valence-corrected chi connectivity index (χ4v) is 4.43. The first kappa shape index (κ1) is 20.3. The van der Waals surface area contributed by atoms with Crippen LogP contribution in [-0.2, 0) is 11.3 Å². The molecule has 0 radical (unpaired) electrons. The Labute approximate surface area is 163 Å². The zero-order valence-corrected chi connectivity index (χ0v) is 16.5. The molecular formula is C18H21F2N2O3S2-. The Morgan fingerprint density at radius 2 is 2.11 bits per heavy atom. The summed E-state index contributed by atoms with van der Waals surface area (Å²) in [5.74, 6) is -2.71. The molecule has 2 aromatic rings. The van der Waals surface area contributed by atoms with E-state index in [1.165, 1.54) is 0 Å². The second-order valence-corrected chi connectivity index (χ2v) is 8.81. The van der Waals surface area contributed by atoms with Gasteiger partial charge in [0.05, 0.1) is 6.61 Å². The predicted molar refractivity (Wildman–Crippen MR) is 100 cm³/mol. The first-order valence-electron chi connectivity index (χ1n) is 8.69. The highest BCUT2D eigenvalue weighted by Crippen LogP contribution is 2.40. The Balaban J connectivity index is 1.61. The van der Waals surface area contributed by atoms with Gasteiger partial charge in [0, 0.05) is 53.2 Å². The van der Waals surface area contributed by atoms with E-state index in [-0.39, 0.29) is 38.3 Å². The van der Waals surface area contributed by atoms with Gasteiger partial charge in [-0.15, -0.1) is 11.3 Å². The quantitative estimate of drug-likeness (QED) is 0.696. The van der Waals surface area contributed by atoms with Crippen LogP contribution in [0.5, 0.6) is 5.75 Å². The van der Waals surface area contributed by atoms with Crippen molar-refractivity contribution in [2.24, 2.45) is 11.8 Å². The van der Waals surface area contributed by atoms with Crippen molar-refractivity contribution in [3.63, 3.8) is 0 Å². The number of hydrogen-bond donors (Lipinski definition) is 1. The normalized spacial score (nSPS) is 23.1. The summed E-state index contributed by atoms with van der Waals surface area (Å²) in [7, 11) is 0. The molecule has 0 aliphatic heterocycles. The van der Waals surface area contributed by atoms with E-state index in [9.17, 15) is 17.5 Å². The van der Waals surface area contributed by atoms with Gasteiger partial charge in [0.25, 0.3) is 0 Å². The van der Waals surface area contributed by atoms with Crippen molar-refractivity contribution in [3.8, 4) is 16.3 Å². The monoisotopic (exact) mass is 415 g/mol. The van der Waals surface area contributed by atoms with Crippen LogP contribution in [0.2, 0.25) is 0 Å². The first-order valence-corrected chi connectivity index (χ1v) is 10.6. The molecule has 1 saturated carbocycles. The lowest BCUT2D eigenvalue weighted by molar-refractivity contribution is -0.0757. The molecular weight excluding hydrogens is 394 g/mol. The summed E-state index contributed by atoms with van der Waals surface area (Å²) >= 11 is -0.796. The van der Waals surface area contributed by atoms with Gasteiger partial charge in [0.15, 0.2) is 0 Å². The van der Waals surface area contributed by atoms with Gasteiger partial charge in [-0.25, -0.2) is 18.5 Å². The summed E-state index contributed by atoms with van der Waals surface area (Å²) in [6, 6.07) is 7.38. The third kappa shape index (κ3) is 5.78. The third-order valence-electron chi connectivity index (χ3n) is 4.76. The fourth-order valence-electron chi connectivity index (χ4n) is 3.31. The molecule has 1 N–H and O–H groups in total. The summed E-state index contributed by atoms with van der Waals surface area (Å²) < 4.78 is 57.1. The van der Waals surface area contributed by atoms with E-state index < -0.39 is 23.1 Å². The van der Waals surface area contributed by atoms with E-state index in [1.807, 2.05) is 25.3 Å². The maximum absolute atomic E-state index is 13.8. The van der Waals surface area contributed by atoms with Crippen LogP contribution in [0.25, 0.3) is 10.6 Å². The Bertz CT molecular complexity index is 783. The summed E-state index contributed by atoms with van der Waals surface area (Å²) in [6.07, 6.45) is 1.58. The smallest absolute Gasteiger partial charge is 0.248 e. The second kappa shape index (κ2) is 8.72. The van der Waals surface area contributed by atoms with E-state index in [0.717, 1.165) is 15.4 Å². The minimum Gasteiger partial charge on any atom is -0.760 e. The molecule has 0 spiro atoms. The number of nitrogens with zero attached hydrogens (tertiary/aromatic N) is 1. The molecule has 1 aliphatic rings. The maximum atomic E-state index is 13.8. The molecule has 1 aliphatic carbocycles. The topological polar surface area (TPSA) is 74.3 Å². The number of nitrogens with one attached hydrogen (secondary N) is 1. The molecule has 3 atom stereocenters. The maximum Gasteiger partial charge on any atom is 0.248 e. The molecule has 27 heavy (non-hydrogen) atoms. The number of aryl methyl sites for hydroxylation is 1. The molecule has 1 aromatic heterocycles. The Hall–Kier alpha value is -1.42. The summed E-state index contributed by atoms with van der Waals surface area (Å²) in [5.41, 5.74) is 0.977. The van der Waals surface area contributed by atoms with Crippen molar-refractivity contribution in [2.45, 2.75) is 32.1 Å². The van der Waals surface area contributed by atoms with Crippen LogP contribution in [0.1, 0.15) is 24.1 Å². The molecule has 0 bridgehead atoms. The van der Waals surface area contributed by atoms with Crippen molar-refractivity contribution in [2.75, 3.05) is 13.2 Å². The molecule has 1 fully saturated rings. The van der Waals surface area contributed by atoms with Gasteiger partial charge in [-0.2, -0.15) is 0 Å². The van der Waals surface area contributed by atoms with E-state index >= 15 is 0 Å². The zero-order valence-electron chi connectivity index (χ0n) is 14.8. The predicted octanol–water partition coefficient (Wildman–Crippen LogP) is 3.93. The van der Waals surface area contributed by atoms with Gasteiger partial charge >= 0.3 is 0 Å². The number of halogens is 2. The highest BCUT2D eigenvalue weighted by Gasteiger charge is 2.41. The van der Waals surface area contributed by atoms with E-state index in [4.69, 9.17) is 4.74 Å². The molecule has 3 rings (SSSR count).